The molecule has 0 saturated heterocycles. The molecule has 0 saturated carbocycles. The van der Waals surface area contributed by atoms with Gasteiger partial charge in [0.1, 0.15) is 0 Å². The van der Waals surface area contributed by atoms with E-state index in [2.05, 4.69) is 17.1 Å². The summed E-state index contributed by atoms with van der Waals surface area (Å²) in [6.45, 7) is 1.42. The Morgan fingerprint density at radius 1 is 1.17 bits per heavy atom. The predicted molar refractivity (Wildman–Crippen MR) is 108 cm³/mol. The highest BCUT2D eigenvalue weighted by Gasteiger charge is 2.21. The lowest BCUT2D eigenvalue weighted by molar-refractivity contribution is -0.131. The van der Waals surface area contributed by atoms with Crippen LogP contribution >= 0.6 is 0 Å². The molecule has 2 heterocycles. The average Bonchev–Trinajstić information content (AvgIpc) is 3.37. The van der Waals surface area contributed by atoms with E-state index in [0.29, 0.717) is 18.7 Å². The van der Waals surface area contributed by atoms with E-state index in [0.717, 1.165) is 23.6 Å². The van der Waals surface area contributed by atoms with E-state index in [1.54, 1.807) is 18.3 Å². The van der Waals surface area contributed by atoms with Gasteiger partial charge in [-0.25, -0.2) is 4.98 Å². The summed E-state index contributed by atoms with van der Waals surface area (Å²) >= 11 is 0. The van der Waals surface area contributed by atoms with Crippen molar-refractivity contribution < 1.29 is 14.3 Å². The third-order valence-electron chi connectivity index (χ3n) is 4.87. The molecule has 2 N–H and O–H groups in total. The number of fused-ring (bicyclic) bond motifs is 1. The molecule has 0 aliphatic carbocycles. The highest BCUT2D eigenvalue weighted by atomic mass is 16.7. The van der Waals surface area contributed by atoms with Gasteiger partial charge >= 0.3 is 0 Å². The molecule has 0 spiro atoms. The van der Waals surface area contributed by atoms with Crippen molar-refractivity contribution in [2.75, 3.05) is 13.8 Å². The normalized spacial score (nSPS) is 13.3. The number of benzene rings is 2. The van der Waals surface area contributed by atoms with Crippen LogP contribution in [0.1, 0.15) is 16.8 Å². The number of hydrogen-bond acceptors (Lipinski definition) is 5. The van der Waals surface area contributed by atoms with Crippen molar-refractivity contribution in [2.45, 2.75) is 25.6 Å². The van der Waals surface area contributed by atoms with Gasteiger partial charge in [-0.15, -0.1) is 0 Å². The molecule has 2 aromatic carbocycles. The number of carbonyl (C=O) groups excluding carboxylic acids is 1. The van der Waals surface area contributed by atoms with Gasteiger partial charge in [-0.2, -0.15) is 0 Å². The lowest BCUT2D eigenvalue weighted by Gasteiger charge is -2.21. The highest BCUT2D eigenvalue weighted by Crippen LogP contribution is 2.32. The zero-order valence-corrected chi connectivity index (χ0v) is 16.3. The Hall–Kier alpha value is -3.32. The van der Waals surface area contributed by atoms with Crippen molar-refractivity contribution in [1.82, 2.24) is 14.5 Å². The monoisotopic (exact) mass is 392 g/mol. The topological polar surface area (TPSA) is 82.6 Å². The van der Waals surface area contributed by atoms with Gasteiger partial charge in [0, 0.05) is 32.8 Å². The molecule has 1 aliphatic heterocycles. The molecule has 7 nitrogen and oxygen atoms in total. The van der Waals surface area contributed by atoms with Crippen molar-refractivity contribution in [3.8, 4) is 11.5 Å². The average molecular weight is 392 g/mol. The fourth-order valence-electron chi connectivity index (χ4n) is 3.38. The van der Waals surface area contributed by atoms with Gasteiger partial charge < -0.3 is 24.7 Å². The number of nitrogens with zero attached hydrogens (tertiary/aromatic N) is 3. The van der Waals surface area contributed by atoms with Crippen LogP contribution in [0.4, 0.5) is 0 Å². The molecule has 150 valence electrons. The van der Waals surface area contributed by atoms with Crippen molar-refractivity contribution >= 4 is 5.91 Å². The molecule has 1 amide bonds. The molecule has 0 radical (unpaired) electrons. The van der Waals surface area contributed by atoms with Gasteiger partial charge in [-0.3, -0.25) is 4.79 Å². The molecule has 7 heteroatoms. The second-order valence-corrected chi connectivity index (χ2v) is 7.22. The van der Waals surface area contributed by atoms with Gasteiger partial charge in [0.15, 0.2) is 11.5 Å². The Balaban J connectivity index is 1.33. The molecule has 4 rings (SSSR count). The Morgan fingerprint density at radius 3 is 2.79 bits per heavy atom. The summed E-state index contributed by atoms with van der Waals surface area (Å²) in [5.41, 5.74) is 9.13. The molecule has 1 aliphatic rings. The largest absolute Gasteiger partial charge is 0.454 e. The summed E-state index contributed by atoms with van der Waals surface area (Å²) in [5, 5.41) is 0. The number of rotatable bonds is 7. The predicted octanol–water partition coefficient (Wildman–Crippen LogP) is 2.19. The molecule has 0 fully saturated rings. The van der Waals surface area contributed by atoms with E-state index in [-0.39, 0.29) is 12.7 Å². The first-order chi connectivity index (χ1) is 14.1. The maximum Gasteiger partial charge on any atom is 0.239 e. The summed E-state index contributed by atoms with van der Waals surface area (Å²) in [5.74, 6) is 1.31. The van der Waals surface area contributed by atoms with Crippen LogP contribution in [-0.2, 0) is 24.3 Å². The maximum absolute atomic E-state index is 12.7. The minimum atomic E-state index is -0.644. The minimum Gasteiger partial charge on any atom is -0.454 e. The molecule has 0 bridgehead atoms. The van der Waals surface area contributed by atoms with E-state index < -0.39 is 6.04 Å². The zero-order chi connectivity index (χ0) is 20.2. The molecule has 3 aromatic rings. The standard InChI is InChI=1S/C22H24N4O3/c1-25(11-17-7-8-20-21(9-17)29-15-28-20)22(27)19(23)10-18-13-26(14-24-18)12-16-5-3-2-4-6-16/h2-9,13-14,19H,10-12,15,23H2,1H3/t19-/m0/s1. The highest BCUT2D eigenvalue weighted by molar-refractivity contribution is 5.81. The Kier molecular flexibility index (Phi) is 5.48. The van der Waals surface area contributed by atoms with Crippen LogP contribution < -0.4 is 15.2 Å². The van der Waals surface area contributed by atoms with E-state index in [1.165, 1.54) is 5.56 Å². The fraction of sp³-hybridized carbons (Fsp3) is 0.273. The number of imidazole rings is 1. The van der Waals surface area contributed by atoms with Gasteiger partial charge in [-0.1, -0.05) is 36.4 Å². The van der Waals surface area contributed by atoms with Gasteiger partial charge in [0.2, 0.25) is 12.7 Å². The van der Waals surface area contributed by atoms with Crippen LogP contribution in [0, 0.1) is 0 Å². The van der Waals surface area contributed by atoms with Crippen LogP contribution in [0.2, 0.25) is 0 Å². The number of likely N-dealkylation sites (N-methyl/N-ethyl adjacent to an activating group) is 1. The van der Waals surface area contributed by atoms with E-state index in [9.17, 15) is 4.79 Å². The summed E-state index contributed by atoms with van der Waals surface area (Å²) < 4.78 is 12.7. The lowest BCUT2D eigenvalue weighted by atomic mass is 10.1. The zero-order valence-electron chi connectivity index (χ0n) is 16.3. The number of carbonyl (C=O) groups is 1. The SMILES string of the molecule is CN(Cc1ccc2c(c1)OCO2)C(=O)[C@@H](N)Cc1cn(Cc2ccccc2)cn1. The molecule has 1 atom stereocenters. The summed E-state index contributed by atoms with van der Waals surface area (Å²) in [6, 6.07) is 15.2. The summed E-state index contributed by atoms with van der Waals surface area (Å²) in [6.07, 6.45) is 4.11. The Morgan fingerprint density at radius 2 is 1.97 bits per heavy atom. The minimum absolute atomic E-state index is 0.125. The first kappa shape index (κ1) is 19.0. The van der Waals surface area contributed by atoms with Crippen LogP contribution in [0.5, 0.6) is 11.5 Å². The van der Waals surface area contributed by atoms with Crippen molar-refractivity contribution in [3.63, 3.8) is 0 Å². The molecule has 0 unspecified atom stereocenters. The Bertz CT molecular complexity index is 987. The number of amides is 1. The third kappa shape index (κ3) is 4.57. The van der Waals surface area contributed by atoms with Crippen LogP contribution in [-0.4, -0.2) is 40.2 Å². The van der Waals surface area contributed by atoms with Gasteiger partial charge in [0.05, 0.1) is 18.1 Å². The van der Waals surface area contributed by atoms with Crippen molar-refractivity contribution in [2.24, 2.45) is 5.73 Å². The Labute approximate surface area is 169 Å². The third-order valence-corrected chi connectivity index (χ3v) is 4.87. The first-order valence-electron chi connectivity index (χ1n) is 9.52. The number of ether oxygens (including phenoxy) is 2. The summed E-state index contributed by atoms with van der Waals surface area (Å²) in [7, 11) is 1.75. The van der Waals surface area contributed by atoms with Gasteiger partial charge in [-0.05, 0) is 23.3 Å². The number of aromatic nitrogens is 2. The first-order valence-corrected chi connectivity index (χ1v) is 9.52. The lowest BCUT2D eigenvalue weighted by Crippen LogP contribution is -2.42. The molecule has 29 heavy (non-hydrogen) atoms. The van der Waals surface area contributed by atoms with E-state index >= 15 is 0 Å². The smallest absolute Gasteiger partial charge is 0.239 e. The van der Waals surface area contributed by atoms with Crippen LogP contribution in [0.3, 0.4) is 0 Å². The molecular weight excluding hydrogens is 368 g/mol. The van der Waals surface area contributed by atoms with E-state index in [4.69, 9.17) is 15.2 Å². The van der Waals surface area contributed by atoms with Gasteiger partial charge in [0.25, 0.3) is 0 Å². The fourth-order valence-corrected chi connectivity index (χ4v) is 3.38. The second kappa shape index (κ2) is 8.36. The van der Waals surface area contributed by atoms with Crippen molar-refractivity contribution in [3.05, 3.63) is 77.9 Å². The van der Waals surface area contributed by atoms with Crippen LogP contribution in [0.25, 0.3) is 0 Å². The molecular formula is C22H24N4O3. The summed E-state index contributed by atoms with van der Waals surface area (Å²) in [4.78, 5) is 18.7. The van der Waals surface area contributed by atoms with Crippen LogP contribution in [0.15, 0.2) is 61.1 Å². The quantitative estimate of drug-likeness (QED) is 0.666. The maximum atomic E-state index is 12.7. The molecule has 1 aromatic heterocycles. The second-order valence-electron chi connectivity index (χ2n) is 7.22. The number of nitrogens with two attached hydrogens (primary N) is 1. The van der Waals surface area contributed by atoms with Crippen molar-refractivity contribution in [1.29, 1.82) is 0 Å². The number of hydrogen-bond donors (Lipinski definition) is 1. The van der Waals surface area contributed by atoms with E-state index in [1.807, 2.05) is 47.2 Å².